The summed E-state index contributed by atoms with van der Waals surface area (Å²) in [6.07, 6.45) is 4.92. The number of aromatic hydroxyl groups is 1. The molecule has 1 aromatic heterocycles. The number of thioether (sulfide) groups is 1. The van der Waals surface area contributed by atoms with Gasteiger partial charge in [0, 0.05) is 17.2 Å². The van der Waals surface area contributed by atoms with E-state index in [-0.39, 0.29) is 16.7 Å². The van der Waals surface area contributed by atoms with Crippen LogP contribution in [0.3, 0.4) is 0 Å². The lowest BCUT2D eigenvalue weighted by Gasteiger charge is -2.23. The number of nitrogens with zero attached hydrogens (tertiary/aromatic N) is 2. The highest BCUT2D eigenvalue weighted by atomic mass is 32.2. The molecule has 1 aliphatic rings. The van der Waals surface area contributed by atoms with Gasteiger partial charge in [-0.25, -0.2) is 0 Å². The summed E-state index contributed by atoms with van der Waals surface area (Å²) in [6.45, 7) is 0. The van der Waals surface area contributed by atoms with E-state index in [1.165, 1.54) is 17.7 Å². The lowest BCUT2D eigenvalue weighted by atomic mass is 9.96. The minimum Gasteiger partial charge on any atom is -0.502 e. The second kappa shape index (κ2) is 5.73. The number of phenolic OH excluding ortho intramolecular Hbond substituents is 1. The molecule has 0 fully saturated rings. The van der Waals surface area contributed by atoms with Crippen LogP contribution in [0.25, 0.3) is 0 Å². The largest absolute Gasteiger partial charge is 0.502 e. The first-order chi connectivity index (χ1) is 10.1. The average Bonchev–Trinajstić information content (AvgIpc) is 2.49. The van der Waals surface area contributed by atoms with E-state index in [0.29, 0.717) is 0 Å². The molecule has 0 saturated carbocycles. The van der Waals surface area contributed by atoms with Crippen LogP contribution in [-0.4, -0.2) is 15.0 Å². The molecule has 21 heavy (non-hydrogen) atoms. The maximum Gasteiger partial charge on any atom is 0.311 e. The van der Waals surface area contributed by atoms with Gasteiger partial charge in [-0.2, -0.15) is 0 Å². The smallest absolute Gasteiger partial charge is 0.311 e. The van der Waals surface area contributed by atoms with Crippen LogP contribution in [0.2, 0.25) is 0 Å². The number of pyridine rings is 1. The summed E-state index contributed by atoms with van der Waals surface area (Å²) in [7, 11) is 0. The Hall–Kier alpha value is -2.08. The third-order valence-corrected chi connectivity index (χ3v) is 4.84. The van der Waals surface area contributed by atoms with Crippen LogP contribution in [0.4, 0.5) is 5.69 Å². The second-order valence-electron chi connectivity index (χ2n) is 4.95. The fourth-order valence-electron chi connectivity index (χ4n) is 2.57. The van der Waals surface area contributed by atoms with Crippen molar-refractivity contribution >= 4 is 17.4 Å². The van der Waals surface area contributed by atoms with E-state index in [9.17, 15) is 15.2 Å². The molecule has 1 N–H and O–H groups in total. The van der Waals surface area contributed by atoms with Gasteiger partial charge in [0.05, 0.1) is 15.9 Å². The number of fused-ring (bicyclic) bond motifs is 1. The minimum absolute atomic E-state index is 0.207. The Labute approximate surface area is 126 Å². The van der Waals surface area contributed by atoms with Gasteiger partial charge in [-0.05, 0) is 43.0 Å². The van der Waals surface area contributed by atoms with E-state index in [1.54, 1.807) is 24.0 Å². The predicted molar refractivity (Wildman–Crippen MR) is 80.5 cm³/mol. The Balaban J connectivity index is 1.88. The Bertz CT molecular complexity index is 690. The highest BCUT2D eigenvalue weighted by molar-refractivity contribution is 7.99. The van der Waals surface area contributed by atoms with Crippen LogP contribution in [0.15, 0.2) is 41.4 Å². The SMILES string of the molecule is O=[N+]([O-])c1cc(SC2CCCc3cccnc32)ccc1O. The molecule has 0 radical (unpaired) electrons. The van der Waals surface area contributed by atoms with E-state index >= 15 is 0 Å². The van der Waals surface area contributed by atoms with Gasteiger partial charge in [-0.3, -0.25) is 15.1 Å². The van der Waals surface area contributed by atoms with Gasteiger partial charge in [-0.1, -0.05) is 6.07 Å². The fraction of sp³-hybridized carbons (Fsp3) is 0.267. The van der Waals surface area contributed by atoms with Crippen molar-refractivity contribution in [3.8, 4) is 5.75 Å². The molecule has 6 heteroatoms. The number of aryl methyl sites for hydroxylation is 1. The van der Waals surface area contributed by atoms with Gasteiger partial charge in [0.2, 0.25) is 0 Å². The van der Waals surface area contributed by atoms with Gasteiger partial charge in [0.15, 0.2) is 5.75 Å². The molecular formula is C15H14N2O3S. The third-order valence-electron chi connectivity index (χ3n) is 3.57. The molecule has 1 aliphatic carbocycles. The summed E-state index contributed by atoms with van der Waals surface area (Å²) in [5.41, 5.74) is 2.08. The van der Waals surface area contributed by atoms with E-state index in [2.05, 4.69) is 11.1 Å². The topological polar surface area (TPSA) is 76.3 Å². The molecule has 1 heterocycles. The van der Waals surface area contributed by atoms with Crippen molar-refractivity contribution in [1.29, 1.82) is 0 Å². The predicted octanol–water partition coefficient (Wildman–Crippen LogP) is 3.87. The molecule has 0 aliphatic heterocycles. The maximum atomic E-state index is 10.9. The number of hydrogen-bond donors (Lipinski definition) is 1. The van der Waals surface area contributed by atoms with E-state index in [0.717, 1.165) is 29.9 Å². The number of benzene rings is 1. The van der Waals surface area contributed by atoms with Crippen LogP contribution in [0.1, 0.15) is 29.3 Å². The highest BCUT2D eigenvalue weighted by Gasteiger charge is 2.23. The first-order valence-electron chi connectivity index (χ1n) is 6.73. The average molecular weight is 302 g/mol. The number of hydrogen-bond acceptors (Lipinski definition) is 5. The van der Waals surface area contributed by atoms with Gasteiger partial charge >= 0.3 is 5.69 Å². The van der Waals surface area contributed by atoms with Crippen molar-refractivity contribution in [2.75, 3.05) is 0 Å². The molecule has 0 amide bonds. The molecule has 0 saturated heterocycles. The third kappa shape index (κ3) is 2.85. The zero-order chi connectivity index (χ0) is 14.8. The van der Waals surface area contributed by atoms with Crippen LogP contribution in [0.5, 0.6) is 5.75 Å². The molecule has 1 atom stereocenters. The Morgan fingerprint density at radius 2 is 2.24 bits per heavy atom. The quantitative estimate of drug-likeness (QED) is 0.688. The van der Waals surface area contributed by atoms with Crippen molar-refractivity contribution in [1.82, 2.24) is 4.98 Å². The van der Waals surface area contributed by atoms with Crippen LogP contribution in [0, 0.1) is 10.1 Å². The summed E-state index contributed by atoms with van der Waals surface area (Å²) in [4.78, 5) is 15.6. The number of rotatable bonds is 3. The minimum atomic E-state index is -0.563. The molecule has 1 unspecified atom stereocenters. The maximum absolute atomic E-state index is 10.9. The number of nitro groups is 1. The van der Waals surface area contributed by atoms with Gasteiger partial charge in [0.25, 0.3) is 0 Å². The molecule has 0 bridgehead atoms. The molecular weight excluding hydrogens is 288 g/mol. The van der Waals surface area contributed by atoms with Crippen LogP contribution in [-0.2, 0) is 6.42 Å². The standard InChI is InChI=1S/C15H14N2O3S/c18-13-7-6-11(9-12(13)17(19)20)21-14-5-1-3-10-4-2-8-16-15(10)14/h2,4,6-9,14,18H,1,3,5H2. The van der Waals surface area contributed by atoms with Crippen molar-refractivity contribution in [3.63, 3.8) is 0 Å². The summed E-state index contributed by atoms with van der Waals surface area (Å²) in [5, 5.41) is 20.6. The molecule has 108 valence electrons. The normalized spacial score (nSPS) is 17.2. The summed E-state index contributed by atoms with van der Waals surface area (Å²) in [6, 6.07) is 8.55. The first-order valence-corrected chi connectivity index (χ1v) is 7.61. The van der Waals surface area contributed by atoms with Crippen LogP contribution >= 0.6 is 11.8 Å². The summed E-state index contributed by atoms with van der Waals surface area (Å²) < 4.78 is 0. The van der Waals surface area contributed by atoms with Gasteiger partial charge in [-0.15, -0.1) is 11.8 Å². The number of nitro benzene ring substituents is 1. The Morgan fingerprint density at radius 3 is 3.05 bits per heavy atom. The highest BCUT2D eigenvalue weighted by Crippen LogP contribution is 2.43. The van der Waals surface area contributed by atoms with Crippen molar-refractivity contribution in [3.05, 3.63) is 57.9 Å². The first kappa shape index (κ1) is 13.9. The fourth-order valence-corrected chi connectivity index (χ4v) is 3.83. The lowest BCUT2D eigenvalue weighted by Crippen LogP contribution is -2.09. The molecule has 5 nitrogen and oxygen atoms in total. The lowest BCUT2D eigenvalue weighted by molar-refractivity contribution is -0.386. The molecule has 1 aromatic carbocycles. The van der Waals surface area contributed by atoms with Gasteiger partial charge < -0.3 is 5.11 Å². The zero-order valence-corrected chi connectivity index (χ0v) is 12.0. The van der Waals surface area contributed by atoms with Crippen molar-refractivity contribution in [2.45, 2.75) is 29.4 Å². The number of phenols is 1. The van der Waals surface area contributed by atoms with Gasteiger partial charge in [0.1, 0.15) is 0 Å². The van der Waals surface area contributed by atoms with E-state index in [4.69, 9.17) is 0 Å². The van der Waals surface area contributed by atoms with E-state index in [1.807, 2.05) is 6.07 Å². The monoisotopic (exact) mass is 302 g/mol. The summed E-state index contributed by atoms with van der Waals surface area (Å²) in [5.74, 6) is -0.300. The van der Waals surface area contributed by atoms with Crippen LogP contribution < -0.4 is 0 Å². The molecule has 2 aromatic rings. The number of aromatic nitrogens is 1. The second-order valence-corrected chi connectivity index (χ2v) is 6.23. The zero-order valence-electron chi connectivity index (χ0n) is 11.2. The molecule has 0 spiro atoms. The Kier molecular flexibility index (Phi) is 3.79. The van der Waals surface area contributed by atoms with Crippen molar-refractivity contribution < 1.29 is 10.0 Å². The van der Waals surface area contributed by atoms with Crippen molar-refractivity contribution in [2.24, 2.45) is 0 Å². The molecule has 3 rings (SSSR count). The Morgan fingerprint density at radius 1 is 1.38 bits per heavy atom. The summed E-state index contributed by atoms with van der Waals surface area (Å²) >= 11 is 1.57. The van der Waals surface area contributed by atoms with E-state index < -0.39 is 4.92 Å².